The number of aliphatic hydroxyl groups is 2. The Labute approximate surface area is 177 Å². The van der Waals surface area contributed by atoms with E-state index in [0.717, 1.165) is 19.2 Å². The molecule has 17 nitrogen and oxygen atoms in total. The molecule has 20 heteroatoms. The van der Waals surface area contributed by atoms with Gasteiger partial charge < -0.3 is 34.5 Å². The standard InChI is InChI=1S/C12H17N2O15P3/c1-3-12(6-26-31(22,23)29-32(24,25)28-30(19,20)21)8(16)11(2,18)9(27-12)14-5-4-7(15)13-10(14)17/h1,4-5,8-9,16,18H,6H2,2H3,(H,22,23)(H,24,25)(H,13,15,17)(H2,19,20,21)/t8-,9+,11+,12+/m0/s1. The molecule has 1 saturated heterocycles. The molecule has 0 bridgehead atoms. The maximum Gasteiger partial charge on any atom is 0.490 e. The van der Waals surface area contributed by atoms with E-state index in [-0.39, 0.29) is 0 Å². The molecule has 180 valence electrons. The van der Waals surface area contributed by atoms with Crippen LogP contribution in [0.5, 0.6) is 0 Å². The monoisotopic (exact) mass is 522 g/mol. The number of terminal acetylenes is 1. The molecule has 1 aromatic heterocycles. The zero-order valence-electron chi connectivity index (χ0n) is 15.7. The summed E-state index contributed by atoms with van der Waals surface area (Å²) in [5.74, 6) is 1.87. The van der Waals surface area contributed by atoms with Crippen molar-refractivity contribution in [2.24, 2.45) is 0 Å². The Kier molecular flexibility index (Phi) is 7.29. The van der Waals surface area contributed by atoms with Crippen molar-refractivity contribution < 1.29 is 61.4 Å². The van der Waals surface area contributed by atoms with Crippen molar-refractivity contribution in [1.29, 1.82) is 0 Å². The number of rotatable bonds is 8. The molecule has 2 heterocycles. The van der Waals surface area contributed by atoms with E-state index in [9.17, 15) is 38.4 Å². The molecule has 7 N–H and O–H groups in total. The minimum absolute atomic E-state index is 0.647. The van der Waals surface area contributed by atoms with Crippen molar-refractivity contribution in [2.75, 3.05) is 6.61 Å². The highest BCUT2D eigenvalue weighted by Gasteiger charge is 2.62. The minimum Gasteiger partial charge on any atom is -0.386 e. The summed E-state index contributed by atoms with van der Waals surface area (Å²) in [7, 11) is -17.1. The van der Waals surface area contributed by atoms with Gasteiger partial charge in [-0.05, 0) is 6.92 Å². The molecule has 6 atom stereocenters. The number of hydrogen-bond donors (Lipinski definition) is 7. The van der Waals surface area contributed by atoms with Crippen LogP contribution in [0.2, 0.25) is 0 Å². The largest absolute Gasteiger partial charge is 0.490 e. The summed E-state index contributed by atoms with van der Waals surface area (Å²) in [4.78, 5) is 60.9. The average molecular weight is 522 g/mol. The first-order valence-electron chi connectivity index (χ1n) is 8.00. The van der Waals surface area contributed by atoms with Crippen molar-refractivity contribution >= 4 is 23.5 Å². The van der Waals surface area contributed by atoms with E-state index in [0.29, 0.717) is 4.57 Å². The van der Waals surface area contributed by atoms with Crippen molar-refractivity contribution in [3.05, 3.63) is 33.1 Å². The van der Waals surface area contributed by atoms with Crippen LogP contribution in [0.3, 0.4) is 0 Å². The predicted molar refractivity (Wildman–Crippen MR) is 99.5 cm³/mol. The molecule has 0 aliphatic carbocycles. The van der Waals surface area contributed by atoms with Crippen LogP contribution in [-0.2, 0) is 31.6 Å². The van der Waals surface area contributed by atoms with Crippen LogP contribution in [0, 0.1) is 12.3 Å². The van der Waals surface area contributed by atoms with Crippen LogP contribution in [0.15, 0.2) is 21.9 Å². The maximum absolute atomic E-state index is 12.0. The van der Waals surface area contributed by atoms with E-state index in [2.05, 4.69) is 13.1 Å². The molecule has 0 saturated carbocycles. The van der Waals surface area contributed by atoms with Gasteiger partial charge in [0.1, 0.15) is 18.3 Å². The second-order valence-corrected chi connectivity index (χ2v) is 10.9. The summed E-state index contributed by atoms with van der Waals surface area (Å²) < 4.78 is 51.4. The van der Waals surface area contributed by atoms with E-state index in [1.165, 1.54) is 0 Å². The van der Waals surface area contributed by atoms with E-state index in [1.54, 1.807) is 0 Å². The Morgan fingerprint density at radius 3 is 2.31 bits per heavy atom. The van der Waals surface area contributed by atoms with Gasteiger partial charge in [0.15, 0.2) is 11.8 Å². The zero-order valence-corrected chi connectivity index (χ0v) is 18.4. The number of aromatic amines is 1. The Bertz CT molecular complexity index is 1180. The number of hydrogen-bond acceptors (Lipinski definition) is 11. The molecule has 0 radical (unpaired) electrons. The molecule has 0 spiro atoms. The number of phosphoric ester groups is 1. The molecule has 2 rings (SSSR count). The number of ether oxygens (including phenoxy) is 1. The molecule has 32 heavy (non-hydrogen) atoms. The van der Waals surface area contributed by atoms with Gasteiger partial charge in [0.2, 0.25) is 0 Å². The number of aromatic nitrogens is 2. The van der Waals surface area contributed by atoms with Gasteiger partial charge in [-0.15, -0.1) is 6.42 Å². The minimum atomic E-state index is -5.82. The highest BCUT2D eigenvalue weighted by atomic mass is 31.3. The summed E-state index contributed by atoms with van der Waals surface area (Å²) in [6.45, 7) is -0.330. The van der Waals surface area contributed by atoms with E-state index in [4.69, 9.17) is 25.8 Å². The lowest BCUT2D eigenvalue weighted by molar-refractivity contribution is -0.107. The molecule has 1 aromatic rings. The van der Waals surface area contributed by atoms with Crippen molar-refractivity contribution in [3.8, 4) is 12.3 Å². The number of aliphatic hydroxyl groups excluding tert-OH is 1. The molecule has 1 fully saturated rings. The normalized spacial score (nSPS) is 32.1. The first kappa shape index (κ1) is 26.8. The summed E-state index contributed by atoms with van der Waals surface area (Å²) in [6, 6.07) is 0.884. The van der Waals surface area contributed by atoms with Gasteiger partial charge >= 0.3 is 29.2 Å². The SMILES string of the molecule is C#C[C@]1(COP(=O)(O)OP(=O)(O)OP(=O)(O)O)O[C@@H](n2ccc(=O)[nH]c2=O)[C@](C)(O)[C@@H]1O. The third-order valence-corrected chi connectivity index (χ3v) is 7.81. The van der Waals surface area contributed by atoms with Crippen molar-refractivity contribution in [2.45, 2.75) is 30.5 Å². The molecule has 1 aliphatic rings. The smallest absolute Gasteiger partial charge is 0.386 e. The van der Waals surface area contributed by atoms with Crippen molar-refractivity contribution in [1.82, 2.24) is 9.55 Å². The number of phosphoric acid groups is 3. The maximum atomic E-state index is 12.0. The topological polar surface area (TPSA) is 264 Å². The highest BCUT2D eigenvalue weighted by Crippen LogP contribution is 2.66. The molecular weight excluding hydrogens is 505 g/mol. The van der Waals surface area contributed by atoms with Crippen molar-refractivity contribution in [3.63, 3.8) is 0 Å². The second-order valence-electron chi connectivity index (χ2n) is 6.51. The Hall–Kier alpha value is -1.47. The second kappa shape index (κ2) is 8.71. The van der Waals surface area contributed by atoms with Gasteiger partial charge in [-0.1, -0.05) is 5.92 Å². The van der Waals surface area contributed by atoms with Gasteiger partial charge in [0.05, 0.1) is 0 Å². The molecule has 0 amide bonds. The van der Waals surface area contributed by atoms with Gasteiger partial charge in [-0.2, -0.15) is 8.62 Å². The van der Waals surface area contributed by atoms with E-state index < -0.39 is 64.9 Å². The van der Waals surface area contributed by atoms with Gasteiger partial charge in [0, 0.05) is 12.3 Å². The quantitative estimate of drug-likeness (QED) is 0.142. The molecule has 2 unspecified atom stereocenters. The first-order valence-corrected chi connectivity index (χ1v) is 12.5. The average Bonchev–Trinajstić information content (AvgIpc) is 2.78. The fraction of sp³-hybridized carbons (Fsp3) is 0.500. The van der Waals surface area contributed by atoms with E-state index in [1.807, 2.05) is 10.9 Å². The third kappa shape index (κ3) is 5.90. The molecular formula is C12H17N2O15P3. The fourth-order valence-electron chi connectivity index (χ4n) is 2.69. The van der Waals surface area contributed by atoms with Crippen LogP contribution < -0.4 is 11.2 Å². The van der Waals surface area contributed by atoms with Crippen LogP contribution >= 0.6 is 23.5 Å². The Balaban J connectivity index is 2.30. The van der Waals surface area contributed by atoms with Gasteiger partial charge in [-0.25, -0.2) is 18.5 Å². The fourth-order valence-corrected chi connectivity index (χ4v) is 5.74. The van der Waals surface area contributed by atoms with Crippen LogP contribution in [0.25, 0.3) is 0 Å². The van der Waals surface area contributed by atoms with Gasteiger partial charge in [0.25, 0.3) is 5.56 Å². The summed E-state index contributed by atoms with van der Waals surface area (Å²) in [5.41, 5.74) is -6.68. The first-order chi connectivity index (χ1) is 14.3. The van der Waals surface area contributed by atoms with Crippen LogP contribution in [0.1, 0.15) is 13.2 Å². The van der Waals surface area contributed by atoms with Crippen LogP contribution in [0.4, 0.5) is 0 Å². The molecule has 1 aliphatic heterocycles. The lowest BCUT2D eigenvalue weighted by Gasteiger charge is -2.29. The van der Waals surface area contributed by atoms with E-state index >= 15 is 0 Å². The zero-order chi connectivity index (χ0) is 24.8. The number of nitrogens with one attached hydrogen (secondary N) is 1. The number of nitrogens with zero attached hydrogens (tertiary/aromatic N) is 1. The summed E-state index contributed by atoms with van der Waals surface area (Å²) in [5, 5.41) is 21.1. The van der Waals surface area contributed by atoms with Gasteiger partial charge in [-0.3, -0.25) is 18.9 Å². The summed E-state index contributed by atoms with van der Waals surface area (Å²) >= 11 is 0. The Morgan fingerprint density at radius 1 is 1.22 bits per heavy atom. The lowest BCUT2D eigenvalue weighted by atomic mass is 9.88. The number of H-pyrrole nitrogens is 1. The Morgan fingerprint density at radius 2 is 1.81 bits per heavy atom. The predicted octanol–water partition coefficient (Wildman–Crippen LogP) is -2.11. The molecule has 0 aromatic carbocycles. The lowest BCUT2D eigenvalue weighted by Crippen LogP contribution is -2.51. The van der Waals surface area contributed by atoms with Crippen LogP contribution in [-0.4, -0.2) is 63.3 Å². The summed E-state index contributed by atoms with van der Waals surface area (Å²) in [6.07, 6.45) is 2.34. The third-order valence-electron chi connectivity index (χ3n) is 4.02. The highest BCUT2D eigenvalue weighted by molar-refractivity contribution is 7.66.